The first-order chi connectivity index (χ1) is 14.1. The van der Waals surface area contributed by atoms with Crippen molar-refractivity contribution >= 4 is 23.4 Å². The van der Waals surface area contributed by atoms with E-state index in [2.05, 4.69) is 15.2 Å². The van der Waals surface area contributed by atoms with Crippen LogP contribution in [0.4, 0.5) is 10.1 Å². The molecule has 0 saturated carbocycles. The van der Waals surface area contributed by atoms with Gasteiger partial charge in [-0.15, -0.1) is 5.10 Å². The summed E-state index contributed by atoms with van der Waals surface area (Å²) in [6, 6.07) is 15.3. The maximum Gasteiger partial charge on any atom is 0.237 e. The van der Waals surface area contributed by atoms with E-state index in [4.69, 9.17) is 10.00 Å². The molecule has 2 aromatic carbocycles. The molecule has 0 atom stereocenters. The van der Waals surface area contributed by atoms with E-state index in [9.17, 15) is 9.18 Å². The van der Waals surface area contributed by atoms with Gasteiger partial charge >= 0.3 is 0 Å². The normalized spacial score (nSPS) is 10.4. The number of H-pyrrole nitrogens is 1. The second-order valence-electron chi connectivity index (χ2n) is 5.89. The quantitative estimate of drug-likeness (QED) is 0.569. The van der Waals surface area contributed by atoms with E-state index in [0.717, 1.165) is 23.1 Å². The summed E-state index contributed by atoms with van der Waals surface area (Å²) in [4.78, 5) is 18.3. The van der Waals surface area contributed by atoms with Crippen molar-refractivity contribution in [2.75, 3.05) is 24.3 Å². The van der Waals surface area contributed by atoms with Crippen molar-refractivity contribution in [1.82, 2.24) is 15.2 Å². The van der Waals surface area contributed by atoms with Crippen molar-refractivity contribution in [3.05, 3.63) is 54.3 Å². The molecule has 0 aliphatic heterocycles. The van der Waals surface area contributed by atoms with Crippen molar-refractivity contribution in [3.63, 3.8) is 0 Å². The van der Waals surface area contributed by atoms with Crippen LogP contribution in [0.5, 0.6) is 5.75 Å². The molecule has 29 heavy (non-hydrogen) atoms. The lowest BCUT2D eigenvalue weighted by Crippen LogP contribution is -2.34. The van der Waals surface area contributed by atoms with Gasteiger partial charge in [0.2, 0.25) is 11.1 Å². The molecule has 148 valence electrons. The number of nitrogens with zero attached hydrogens (tertiary/aromatic N) is 4. The molecule has 0 fully saturated rings. The molecule has 0 aliphatic carbocycles. The van der Waals surface area contributed by atoms with Crippen LogP contribution >= 0.6 is 11.8 Å². The lowest BCUT2D eigenvalue weighted by molar-refractivity contribution is -0.116. The summed E-state index contributed by atoms with van der Waals surface area (Å²) in [5, 5.41) is 16.2. The van der Waals surface area contributed by atoms with Crippen LogP contribution in [-0.4, -0.2) is 40.5 Å². The number of halogens is 1. The number of carbonyl (C=O) groups is 1. The molecular weight excluding hydrogens is 393 g/mol. The van der Waals surface area contributed by atoms with Gasteiger partial charge in [-0.1, -0.05) is 23.9 Å². The first kappa shape index (κ1) is 20.4. The monoisotopic (exact) mass is 411 g/mol. The number of hydrogen-bond donors (Lipinski definition) is 1. The molecule has 9 heteroatoms. The lowest BCUT2D eigenvalue weighted by atomic mass is 10.2. The number of aromatic nitrogens is 3. The Bertz CT molecular complexity index is 1020. The number of anilines is 1. The van der Waals surface area contributed by atoms with E-state index in [1.807, 2.05) is 30.3 Å². The van der Waals surface area contributed by atoms with Crippen LogP contribution in [0.15, 0.2) is 53.7 Å². The van der Waals surface area contributed by atoms with Crippen LogP contribution in [0.2, 0.25) is 0 Å². The molecule has 0 saturated heterocycles. The van der Waals surface area contributed by atoms with Crippen LogP contribution in [0.3, 0.4) is 0 Å². The third kappa shape index (κ3) is 5.12. The summed E-state index contributed by atoms with van der Waals surface area (Å²) >= 11 is 1.14. The second-order valence-corrected chi connectivity index (χ2v) is 6.83. The van der Waals surface area contributed by atoms with Gasteiger partial charge in [0, 0.05) is 12.1 Å². The van der Waals surface area contributed by atoms with Gasteiger partial charge in [0.05, 0.1) is 31.0 Å². The number of rotatable bonds is 8. The molecule has 0 radical (unpaired) electrons. The predicted molar refractivity (Wildman–Crippen MR) is 108 cm³/mol. The Kier molecular flexibility index (Phi) is 6.81. The van der Waals surface area contributed by atoms with E-state index in [1.165, 1.54) is 17.0 Å². The third-order valence-corrected chi connectivity index (χ3v) is 4.88. The molecule has 0 bridgehead atoms. The van der Waals surface area contributed by atoms with E-state index in [1.54, 1.807) is 19.2 Å². The number of benzene rings is 2. The molecule has 0 aliphatic rings. The molecule has 0 unspecified atom stereocenters. The van der Waals surface area contributed by atoms with Crippen LogP contribution in [0, 0.1) is 17.1 Å². The Morgan fingerprint density at radius 3 is 2.72 bits per heavy atom. The highest BCUT2D eigenvalue weighted by molar-refractivity contribution is 7.99. The number of methoxy groups -OCH3 is 1. The van der Waals surface area contributed by atoms with Crippen LogP contribution in [0.25, 0.3) is 11.4 Å². The molecule has 1 amide bonds. The van der Waals surface area contributed by atoms with E-state index >= 15 is 0 Å². The average Bonchev–Trinajstić information content (AvgIpc) is 3.23. The van der Waals surface area contributed by atoms with Gasteiger partial charge in [-0.3, -0.25) is 9.89 Å². The molecule has 3 rings (SSSR count). The smallest absolute Gasteiger partial charge is 0.237 e. The van der Waals surface area contributed by atoms with E-state index < -0.39 is 5.82 Å². The lowest BCUT2D eigenvalue weighted by Gasteiger charge is -2.21. The Morgan fingerprint density at radius 1 is 1.28 bits per heavy atom. The summed E-state index contributed by atoms with van der Waals surface area (Å²) < 4.78 is 19.2. The highest BCUT2D eigenvalue weighted by Gasteiger charge is 2.19. The van der Waals surface area contributed by atoms with Crippen LogP contribution < -0.4 is 9.64 Å². The second kappa shape index (κ2) is 9.71. The molecule has 0 spiro atoms. The number of carbonyl (C=O) groups excluding carboxylic acids is 1. The topological polar surface area (TPSA) is 94.9 Å². The first-order valence-corrected chi connectivity index (χ1v) is 9.72. The average molecular weight is 411 g/mol. The number of aromatic amines is 1. The zero-order valence-corrected chi connectivity index (χ0v) is 16.4. The van der Waals surface area contributed by atoms with Gasteiger partial charge in [0.1, 0.15) is 11.6 Å². The van der Waals surface area contributed by atoms with Gasteiger partial charge in [-0.25, -0.2) is 9.37 Å². The number of nitriles is 1. The highest BCUT2D eigenvalue weighted by Crippen LogP contribution is 2.24. The Hall–Kier alpha value is -3.38. The first-order valence-electron chi connectivity index (χ1n) is 8.74. The van der Waals surface area contributed by atoms with Gasteiger partial charge in [-0.05, 0) is 36.4 Å². The Morgan fingerprint density at radius 2 is 2.03 bits per heavy atom. The fraction of sp³-hybridized carbons (Fsp3) is 0.200. The van der Waals surface area contributed by atoms with Crippen LogP contribution in [0.1, 0.15) is 6.42 Å². The molecule has 1 heterocycles. The summed E-state index contributed by atoms with van der Waals surface area (Å²) in [6.45, 7) is 0.113. The zero-order chi connectivity index (χ0) is 20.6. The van der Waals surface area contributed by atoms with Crippen molar-refractivity contribution in [2.45, 2.75) is 11.6 Å². The maximum absolute atomic E-state index is 14.1. The number of amides is 1. The SMILES string of the molecule is COc1ccc(-c2nc(SCC(=O)N(CCC#N)c3ccccc3F)n[nH]2)cc1. The Labute approximate surface area is 171 Å². The van der Waals surface area contributed by atoms with Crippen molar-refractivity contribution < 1.29 is 13.9 Å². The predicted octanol–water partition coefficient (Wildman–Crippen LogP) is 3.66. The van der Waals surface area contributed by atoms with Gasteiger partial charge in [0.15, 0.2) is 5.82 Å². The number of nitrogens with one attached hydrogen (secondary N) is 1. The third-order valence-electron chi connectivity index (χ3n) is 4.04. The minimum Gasteiger partial charge on any atom is -0.497 e. The zero-order valence-electron chi connectivity index (χ0n) is 15.6. The number of para-hydroxylation sites is 1. The fourth-order valence-electron chi connectivity index (χ4n) is 2.61. The Balaban J connectivity index is 1.67. The van der Waals surface area contributed by atoms with Crippen molar-refractivity contribution in [1.29, 1.82) is 5.26 Å². The van der Waals surface area contributed by atoms with Crippen molar-refractivity contribution in [3.8, 4) is 23.2 Å². The number of hydrogen-bond acceptors (Lipinski definition) is 6. The number of ether oxygens (including phenoxy) is 1. The summed E-state index contributed by atoms with van der Waals surface area (Å²) in [6.07, 6.45) is 0.104. The molecule has 3 aromatic rings. The van der Waals surface area contributed by atoms with Gasteiger partial charge < -0.3 is 9.64 Å². The summed E-state index contributed by atoms with van der Waals surface area (Å²) in [7, 11) is 1.59. The molecule has 7 nitrogen and oxygen atoms in total. The fourth-order valence-corrected chi connectivity index (χ4v) is 3.28. The highest BCUT2D eigenvalue weighted by atomic mass is 32.2. The summed E-state index contributed by atoms with van der Waals surface area (Å²) in [5.41, 5.74) is 0.987. The molecule has 1 N–H and O–H groups in total. The summed E-state index contributed by atoms with van der Waals surface area (Å²) in [5.74, 6) is 0.478. The largest absolute Gasteiger partial charge is 0.497 e. The van der Waals surface area contributed by atoms with Gasteiger partial charge in [0.25, 0.3) is 0 Å². The molecular formula is C20H18FN5O2S. The van der Waals surface area contributed by atoms with E-state index in [0.29, 0.717) is 11.0 Å². The molecule has 1 aromatic heterocycles. The number of thioether (sulfide) groups is 1. The van der Waals surface area contributed by atoms with Crippen LogP contribution in [-0.2, 0) is 4.79 Å². The van der Waals surface area contributed by atoms with E-state index in [-0.39, 0.29) is 30.3 Å². The van der Waals surface area contributed by atoms with Crippen molar-refractivity contribution in [2.24, 2.45) is 0 Å². The maximum atomic E-state index is 14.1. The minimum atomic E-state index is -0.511. The van der Waals surface area contributed by atoms with Gasteiger partial charge in [-0.2, -0.15) is 5.26 Å². The minimum absolute atomic E-state index is 0.0136. The standard InChI is InChI=1S/C20H18FN5O2S/c1-28-15-9-7-14(8-10-15)19-23-20(25-24-19)29-13-18(27)26(12-4-11-22)17-6-3-2-5-16(17)21/h2-3,5-10H,4,12-13H2,1H3,(H,23,24,25).